The van der Waals surface area contributed by atoms with Crippen LogP contribution in [0.3, 0.4) is 0 Å². The lowest BCUT2D eigenvalue weighted by atomic mass is 10.2. The van der Waals surface area contributed by atoms with Gasteiger partial charge in [-0.05, 0) is 51.8 Å². The van der Waals surface area contributed by atoms with Gasteiger partial charge in [-0.3, -0.25) is 4.98 Å². The summed E-state index contributed by atoms with van der Waals surface area (Å²) in [7, 11) is 0. The summed E-state index contributed by atoms with van der Waals surface area (Å²) in [5, 5.41) is 0. The number of nitrogens with zero attached hydrogens (tertiary/aromatic N) is 3. The first kappa shape index (κ1) is 9.01. The SMILES string of the molecule is Ic1nc(Cc2ccncc2)ns1. The molecule has 3 nitrogen and oxygen atoms in total. The van der Waals surface area contributed by atoms with Gasteiger partial charge in [0.05, 0.1) is 0 Å². The van der Waals surface area contributed by atoms with Crippen LogP contribution >= 0.6 is 34.1 Å². The summed E-state index contributed by atoms with van der Waals surface area (Å²) < 4.78 is 5.20. The van der Waals surface area contributed by atoms with E-state index in [0.29, 0.717) is 0 Å². The van der Waals surface area contributed by atoms with Crippen molar-refractivity contribution in [2.24, 2.45) is 0 Å². The first-order valence-electron chi connectivity index (χ1n) is 3.71. The normalized spacial score (nSPS) is 10.2. The molecule has 0 unspecified atom stereocenters. The van der Waals surface area contributed by atoms with Gasteiger partial charge in [-0.2, -0.15) is 4.37 Å². The molecule has 0 saturated heterocycles. The highest BCUT2D eigenvalue weighted by molar-refractivity contribution is 14.1. The largest absolute Gasteiger partial charge is 0.265 e. The van der Waals surface area contributed by atoms with E-state index in [9.17, 15) is 0 Å². The van der Waals surface area contributed by atoms with E-state index < -0.39 is 0 Å². The van der Waals surface area contributed by atoms with Crippen molar-refractivity contribution in [2.45, 2.75) is 6.42 Å². The first-order chi connectivity index (χ1) is 6.34. The van der Waals surface area contributed by atoms with E-state index in [1.54, 1.807) is 12.4 Å². The number of rotatable bonds is 2. The molecule has 2 aromatic heterocycles. The van der Waals surface area contributed by atoms with Crippen LogP contribution in [-0.2, 0) is 6.42 Å². The molecule has 13 heavy (non-hydrogen) atoms. The third kappa shape index (κ3) is 2.44. The molecule has 0 bridgehead atoms. The lowest BCUT2D eigenvalue weighted by Gasteiger charge is -1.93. The Hall–Kier alpha value is -0.560. The molecule has 0 aliphatic heterocycles. The predicted molar refractivity (Wildman–Crippen MR) is 59.7 cm³/mol. The van der Waals surface area contributed by atoms with E-state index in [2.05, 4.69) is 36.9 Å². The van der Waals surface area contributed by atoms with Gasteiger partial charge in [0.1, 0.15) is 5.82 Å². The highest BCUT2D eigenvalue weighted by Gasteiger charge is 2.01. The second-order valence-corrected chi connectivity index (χ2v) is 5.00. The number of aromatic nitrogens is 3. The molecule has 5 heteroatoms. The van der Waals surface area contributed by atoms with Gasteiger partial charge < -0.3 is 0 Å². The molecule has 0 aliphatic carbocycles. The summed E-state index contributed by atoms with van der Waals surface area (Å²) in [6.07, 6.45) is 4.36. The zero-order valence-corrected chi connectivity index (χ0v) is 9.62. The smallest absolute Gasteiger partial charge is 0.173 e. The van der Waals surface area contributed by atoms with Crippen LogP contribution in [0.2, 0.25) is 0 Å². The maximum absolute atomic E-state index is 4.28. The molecule has 0 N–H and O–H groups in total. The van der Waals surface area contributed by atoms with Crippen LogP contribution in [-0.4, -0.2) is 14.3 Å². The number of halogens is 1. The van der Waals surface area contributed by atoms with Crippen molar-refractivity contribution in [1.82, 2.24) is 14.3 Å². The van der Waals surface area contributed by atoms with Gasteiger partial charge in [0, 0.05) is 18.8 Å². The van der Waals surface area contributed by atoms with Crippen molar-refractivity contribution in [3.8, 4) is 0 Å². The molecule has 0 radical (unpaired) electrons. The highest BCUT2D eigenvalue weighted by atomic mass is 127. The lowest BCUT2D eigenvalue weighted by Crippen LogP contribution is -1.90. The van der Waals surface area contributed by atoms with Crippen molar-refractivity contribution >= 4 is 34.1 Å². The van der Waals surface area contributed by atoms with Crippen LogP contribution in [0, 0.1) is 3.01 Å². The Morgan fingerprint density at radius 2 is 2.08 bits per heavy atom. The fraction of sp³-hybridized carbons (Fsp3) is 0.125. The minimum absolute atomic E-state index is 0.794. The van der Waals surface area contributed by atoms with Crippen LogP contribution in [0.15, 0.2) is 24.5 Å². The Bertz CT molecular complexity index is 387. The summed E-state index contributed by atoms with van der Waals surface area (Å²) in [5.41, 5.74) is 1.20. The Kier molecular flexibility index (Phi) is 2.84. The van der Waals surface area contributed by atoms with E-state index in [1.165, 1.54) is 17.1 Å². The van der Waals surface area contributed by atoms with Crippen LogP contribution in [0.4, 0.5) is 0 Å². The molecule has 0 amide bonds. The van der Waals surface area contributed by atoms with Gasteiger partial charge in [0.2, 0.25) is 0 Å². The number of hydrogen-bond donors (Lipinski definition) is 0. The van der Waals surface area contributed by atoms with Crippen LogP contribution in [0.25, 0.3) is 0 Å². The van der Waals surface area contributed by atoms with Crippen molar-refractivity contribution in [1.29, 1.82) is 0 Å². The van der Waals surface area contributed by atoms with Gasteiger partial charge in [-0.25, -0.2) is 4.98 Å². The number of pyridine rings is 1. The minimum atomic E-state index is 0.794. The van der Waals surface area contributed by atoms with Crippen LogP contribution < -0.4 is 0 Å². The first-order valence-corrected chi connectivity index (χ1v) is 5.57. The van der Waals surface area contributed by atoms with Crippen LogP contribution in [0.5, 0.6) is 0 Å². The van der Waals surface area contributed by atoms with E-state index in [0.717, 1.165) is 15.3 Å². The molecule has 66 valence electrons. The molecule has 2 rings (SSSR count). The molecule has 0 atom stereocenters. The highest BCUT2D eigenvalue weighted by Crippen LogP contribution is 2.10. The van der Waals surface area contributed by atoms with Gasteiger partial charge in [0.15, 0.2) is 3.01 Å². The Labute approximate surface area is 93.6 Å². The topological polar surface area (TPSA) is 38.7 Å². The average molecular weight is 303 g/mol. The summed E-state index contributed by atoms with van der Waals surface area (Å²) in [4.78, 5) is 8.23. The van der Waals surface area contributed by atoms with Crippen molar-refractivity contribution in [2.75, 3.05) is 0 Å². The Morgan fingerprint density at radius 1 is 1.31 bits per heavy atom. The second kappa shape index (κ2) is 4.10. The predicted octanol–water partition coefficient (Wildman–Crippen LogP) is 2.13. The van der Waals surface area contributed by atoms with Crippen molar-refractivity contribution in [3.63, 3.8) is 0 Å². The molecular formula is C8H6IN3S. The quantitative estimate of drug-likeness (QED) is 0.798. The Morgan fingerprint density at radius 3 is 2.69 bits per heavy atom. The maximum atomic E-state index is 4.28. The minimum Gasteiger partial charge on any atom is -0.265 e. The van der Waals surface area contributed by atoms with Crippen molar-refractivity contribution in [3.05, 3.63) is 38.9 Å². The number of hydrogen-bond acceptors (Lipinski definition) is 4. The monoisotopic (exact) mass is 303 g/mol. The Balaban J connectivity index is 2.15. The second-order valence-electron chi connectivity index (χ2n) is 2.50. The molecule has 0 aromatic carbocycles. The fourth-order valence-electron chi connectivity index (χ4n) is 0.988. The van der Waals surface area contributed by atoms with E-state index >= 15 is 0 Å². The van der Waals surface area contributed by atoms with E-state index in [4.69, 9.17) is 0 Å². The lowest BCUT2D eigenvalue weighted by molar-refractivity contribution is 1.02. The standard InChI is InChI=1S/C8H6IN3S/c9-8-11-7(12-13-8)5-6-1-3-10-4-2-6/h1-4H,5H2. The van der Waals surface area contributed by atoms with Gasteiger partial charge in [-0.1, -0.05) is 0 Å². The van der Waals surface area contributed by atoms with Crippen molar-refractivity contribution < 1.29 is 0 Å². The molecular weight excluding hydrogens is 297 g/mol. The van der Waals surface area contributed by atoms with Gasteiger partial charge in [0.25, 0.3) is 0 Å². The van der Waals surface area contributed by atoms with Crippen LogP contribution in [0.1, 0.15) is 11.4 Å². The molecule has 2 aromatic rings. The molecule has 2 heterocycles. The molecule has 0 spiro atoms. The zero-order chi connectivity index (χ0) is 9.10. The summed E-state index contributed by atoms with van der Waals surface area (Å²) in [6, 6.07) is 3.96. The zero-order valence-electron chi connectivity index (χ0n) is 6.64. The molecule has 0 aliphatic rings. The third-order valence-corrected chi connectivity index (χ3v) is 2.93. The fourth-order valence-corrected chi connectivity index (χ4v) is 1.99. The summed E-state index contributed by atoms with van der Waals surface area (Å²) in [5.74, 6) is 0.889. The van der Waals surface area contributed by atoms with Gasteiger partial charge >= 0.3 is 0 Å². The van der Waals surface area contributed by atoms with E-state index in [-0.39, 0.29) is 0 Å². The molecule has 0 saturated carbocycles. The third-order valence-electron chi connectivity index (χ3n) is 1.55. The average Bonchev–Trinajstić information content (AvgIpc) is 2.53. The maximum Gasteiger partial charge on any atom is 0.173 e. The van der Waals surface area contributed by atoms with E-state index in [1.807, 2.05) is 12.1 Å². The summed E-state index contributed by atoms with van der Waals surface area (Å²) in [6.45, 7) is 0. The summed E-state index contributed by atoms with van der Waals surface area (Å²) >= 11 is 3.61. The van der Waals surface area contributed by atoms with Gasteiger partial charge in [-0.15, -0.1) is 0 Å². The molecule has 0 fully saturated rings.